The first-order valence-electron chi connectivity index (χ1n) is 10.3. The minimum Gasteiger partial charge on any atom is -0.490 e. The maximum Gasteiger partial charge on any atom is 0.200 e. The lowest BCUT2D eigenvalue weighted by molar-refractivity contribution is -0.00710. The number of aliphatic hydroxyl groups excluding tert-OH is 2. The van der Waals surface area contributed by atoms with Gasteiger partial charge in [0, 0.05) is 19.1 Å². The lowest BCUT2D eigenvalue weighted by Gasteiger charge is -2.57. The van der Waals surface area contributed by atoms with Gasteiger partial charge in [0.1, 0.15) is 0 Å². The van der Waals surface area contributed by atoms with E-state index < -0.39 is 11.6 Å². The average molecular weight is 380 g/mol. The summed E-state index contributed by atoms with van der Waals surface area (Å²) in [4.78, 5) is 0. The van der Waals surface area contributed by atoms with E-state index in [-0.39, 0.29) is 42.8 Å². The van der Waals surface area contributed by atoms with Crippen LogP contribution in [0.1, 0.15) is 51.0 Å². The Morgan fingerprint density at radius 2 is 1.56 bits per heavy atom. The van der Waals surface area contributed by atoms with Crippen molar-refractivity contribution in [3.63, 3.8) is 0 Å². The number of benzene rings is 1. The van der Waals surface area contributed by atoms with Crippen LogP contribution in [-0.4, -0.2) is 30.0 Å². The molecule has 1 aromatic rings. The first-order valence-corrected chi connectivity index (χ1v) is 10.3. The molecule has 0 heterocycles. The van der Waals surface area contributed by atoms with E-state index in [0.717, 1.165) is 19.3 Å². The second kappa shape index (κ2) is 7.32. The maximum atomic E-state index is 15.1. The molecule has 5 heteroatoms. The van der Waals surface area contributed by atoms with Crippen molar-refractivity contribution in [2.24, 2.45) is 29.6 Å². The third kappa shape index (κ3) is 3.38. The second-order valence-electron chi connectivity index (χ2n) is 9.35. The minimum absolute atomic E-state index is 0.0811. The highest BCUT2D eigenvalue weighted by molar-refractivity contribution is 5.37. The number of rotatable bonds is 7. The van der Waals surface area contributed by atoms with Gasteiger partial charge in [0.2, 0.25) is 5.82 Å². The zero-order valence-corrected chi connectivity index (χ0v) is 16.0. The minimum atomic E-state index is -0.903. The number of aliphatic hydroxyl groups is 2. The van der Waals surface area contributed by atoms with Crippen LogP contribution in [0.2, 0.25) is 0 Å². The number of halogens is 2. The van der Waals surface area contributed by atoms with Gasteiger partial charge in [-0.3, -0.25) is 0 Å². The van der Waals surface area contributed by atoms with Gasteiger partial charge >= 0.3 is 0 Å². The van der Waals surface area contributed by atoms with Crippen LogP contribution in [0, 0.1) is 41.2 Å². The Balaban J connectivity index is 1.53. The molecule has 1 atom stereocenters. The van der Waals surface area contributed by atoms with Crippen molar-refractivity contribution in [3.8, 4) is 5.75 Å². The molecule has 4 aliphatic rings. The number of hydrogen-bond donors (Lipinski definition) is 2. The summed E-state index contributed by atoms with van der Waals surface area (Å²) in [6.45, 7) is 1.61. The van der Waals surface area contributed by atoms with Gasteiger partial charge in [-0.25, -0.2) is 4.39 Å². The van der Waals surface area contributed by atoms with Crippen molar-refractivity contribution in [2.45, 2.75) is 50.9 Å². The Hall–Kier alpha value is -1.20. The molecule has 0 saturated heterocycles. The quantitative estimate of drug-likeness (QED) is 0.750. The summed E-state index contributed by atoms with van der Waals surface area (Å²) in [6.07, 6.45) is 6.75. The molecule has 4 bridgehead atoms. The van der Waals surface area contributed by atoms with Crippen LogP contribution in [0.15, 0.2) is 12.1 Å². The predicted molar refractivity (Wildman–Crippen MR) is 98.5 cm³/mol. The van der Waals surface area contributed by atoms with E-state index in [1.807, 2.05) is 6.92 Å². The molecule has 0 aromatic heterocycles. The van der Waals surface area contributed by atoms with E-state index in [2.05, 4.69) is 0 Å². The lowest BCUT2D eigenvalue weighted by Crippen LogP contribution is -2.49. The fraction of sp³-hybridized carbons (Fsp3) is 0.727. The van der Waals surface area contributed by atoms with Gasteiger partial charge in [0.05, 0.1) is 6.61 Å². The first-order chi connectivity index (χ1) is 13.0. The normalized spacial score (nSPS) is 32.9. The smallest absolute Gasteiger partial charge is 0.200 e. The predicted octanol–water partition coefficient (Wildman–Crippen LogP) is 4.05. The zero-order chi connectivity index (χ0) is 19.2. The SMILES string of the molecule is C[C@H](COc1ccc([C@]23CC4CC(C[C@H](C4)C2)C3)c(F)c1F)C(CO)CO. The van der Waals surface area contributed by atoms with E-state index in [0.29, 0.717) is 23.3 Å². The Bertz CT molecular complexity index is 651. The molecule has 0 unspecified atom stereocenters. The summed E-state index contributed by atoms with van der Waals surface area (Å²) < 4.78 is 35.3. The Kier molecular flexibility index (Phi) is 5.19. The molecule has 0 aliphatic heterocycles. The molecule has 0 radical (unpaired) electrons. The van der Waals surface area contributed by atoms with Crippen LogP contribution in [0.3, 0.4) is 0 Å². The molecule has 27 heavy (non-hydrogen) atoms. The van der Waals surface area contributed by atoms with Crippen molar-refractivity contribution in [1.82, 2.24) is 0 Å². The molecule has 0 amide bonds. The third-order valence-electron chi connectivity index (χ3n) is 7.43. The van der Waals surface area contributed by atoms with Gasteiger partial charge in [0.25, 0.3) is 0 Å². The Morgan fingerprint density at radius 1 is 1.00 bits per heavy atom. The molecule has 4 fully saturated rings. The summed E-state index contributed by atoms with van der Waals surface area (Å²) in [6, 6.07) is 3.30. The topological polar surface area (TPSA) is 49.7 Å². The molecular formula is C22H30F2O3. The molecule has 2 N–H and O–H groups in total. The molecule has 4 aliphatic carbocycles. The van der Waals surface area contributed by atoms with Crippen molar-refractivity contribution in [3.05, 3.63) is 29.3 Å². The zero-order valence-electron chi connectivity index (χ0n) is 16.0. The van der Waals surface area contributed by atoms with Crippen molar-refractivity contribution >= 4 is 0 Å². The molecule has 150 valence electrons. The monoisotopic (exact) mass is 380 g/mol. The summed E-state index contributed by atoms with van der Waals surface area (Å²) >= 11 is 0. The highest BCUT2D eigenvalue weighted by Crippen LogP contribution is 2.61. The summed E-state index contributed by atoms with van der Waals surface area (Å²) in [5.74, 6) is -0.210. The maximum absolute atomic E-state index is 15.1. The van der Waals surface area contributed by atoms with E-state index >= 15 is 4.39 Å². The first kappa shape index (κ1) is 19.1. The van der Waals surface area contributed by atoms with Crippen LogP contribution in [0.4, 0.5) is 8.78 Å². The number of hydrogen-bond acceptors (Lipinski definition) is 3. The lowest BCUT2D eigenvalue weighted by atomic mass is 9.48. The fourth-order valence-corrected chi connectivity index (χ4v) is 6.27. The molecule has 1 aromatic carbocycles. The van der Waals surface area contributed by atoms with Gasteiger partial charge in [-0.15, -0.1) is 0 Å². The summed E-state index contributed by atoms with van der Waals surface area (Å²) in [7, 11) is 0. The van der Waals surface area contributed by atoms with E-state index in [1.165, 1.54) is 19.3 Å². The highest BCUT2D eigenvalue weighted by Gasteiger charge is 2.52. The van der Waals surface area contributed by atoms with Crippen LogP contribution >= 0.6 is 0 Å². The number of ether oxygens (including phenoxy) is 1. The van der Waals surface area contributed by atoms with E-state index in [9.17, 15) is 14.6 Å². The molecule has 4 saturated carbocycles. The molecule has 0 spiro atoms. The molecule has 3 nitrogen and oxygen atoms in total. The largest absolute Gasteiger partial charge is 0.490 e. The molecular weight excluding hydrogens is 350 g/mol. The standard InChI is InChI=1S/C22H30F2O3/c1-13(17(10-25)11-26)12-27-19-3-2-18(20(23)21(19)24)22-7-14-4-15(8-22)6-16(5-14)9-22/h2-3,13-17,25-26H,4-12H2,1H3/t13-,14-,15?,16?,22-/m1/s1. The van der Waals surface area contributed by atoms with Crippen molar-refractivity contribution in [1.29, 1.82) is 0 Å². The van der Waals surface area contributed by atoms with Crippen LogP contribution < -0.4 is 4.74 Å². The van der Waals surface area contributed by atoms with Gasteiger partial charge in [0.15, 0.2) is 11.6 Å². The molecule has 5 rings (SSSR count). The second-order valence-corrected chi connectivity index (χ2v) is 9.35. The Labute approximate surface area is 159 Å². The average Bonchev–Trinajstić information content (AvgIpc) is 2.62. The highest BCUT2D eigenvalue weighted by atomic mass is 19.2. The van der Waals surface area contributed by atoms with E-state index in [4.69, 9.17) is 4.74 Å². The van der Waals surface area contributed by atoms with Gasteiger partial charge in [-0.1, -0.05) is 13.0 Å². The van der Waals surface area contributed by atoms with Gasteiger partial charge in [-0.05, 0) is 79.2 Å². The van der Waals surface area contributed by atoms with Crippen LogP contribution in [0.5, 0.6) is 5.75 Å². The van der Waals surface area contributed by atoms with Gasteiger partial charge in [-0.2, -0.15) is 4.39 Å². The van der Waals surface area contributed by atoms with Crippen LogP contribution in [0.25, 0.3) is 0 Å². The van der Waals surface area contributed by atoms with Crippen LogP contribution in [-0.2, 0) is 5.41 Å². The summed E-state index contributed by atoms with van der Waals surface area (Å²) in [5.41, 5.74) is 0.354. The van der Waals surface area contributed by atoms with Crippen molar-refractivity contribution in [2.75, 3.05) is 19.8 Å². The summed E-state index contributed by atoms with van der Waals surface area (Å²) in [5, 5.41) is 18.5. The third-order valence-corrected chi connectivity index (χ3v) is 7.43. The van der Waals surface area contributed by atoms with E-state index in [1.54, 1.807) is 12.1 Å². The van der Waals surface area contributed by atoms with Gasteiger partial charge < -0.3 is 14.9 Å². The van der Waals surface area contributed by atoms with Crippen molar-refractivity contribution < 1.29 is 23.7 Å². The Morgan fingerprint density at radius 3 is 2.07 bits per heavy atom. The fourth-order valence-electron chi connectivity index (χ4n) is 6.27.